The molecule has 3 rings (SSSR count). The molecule has 6 heteroatoms. The van der Waals surface area contributed by atoms with Crippen LogP contribution in [0.2, 0.25) is 0 Å². The number of hydrogen-bond acceptors (Lipinski definition) is 4. The van der Waals surface area contributed by atoms with E-state index in [1.54, 1.807) is 24.3 Å². The first-order valence-electron chi connectivity index (χ1n) is 8.20. The fourth-order valence-corrected chi connectivity index (χ4v) is 2.66. The van der Waals surface area contributed by atoms with E-state index in [-0.39, 0.29) is 12.0 Å². The van der Waals surface area contributed by atoms with Crippen LogP contribution in [-0.2, 0) is 4.74 Å². The number of piperidine rings is 1. The fourth-order valence-electron chi connectivity index (χ4n) is 2.66. The molecule has 0 bridgehead atoms. The van der Waals surface area contributed by atoms with Crippen molar-refractivity contribution in [2.75, 3.05) is 18.4 Å². The quantitative estimate of drug-likeness (QED) is 0.838. The topological polar surface area (TPSA) is 67.4 Å². The molecular weight excluding hydrogens is 323 g/mol. The summed E-state index contributed by atoms with van der Waals surface area (Å²) in [6, 6.07) is 11.8. The molecule has 0 saturated carbocycles. The third-order valence-electron chi connectivity index (χ3n) is 4.02. The summed E-state index contributed by atoms with van der Waals surface area (Å²) in [5, 5.41) is 5.91. The lowest BCUT2D eigenvalue weighted by Gasteiger charge is -2.22. The van der Waals surface area contributed by atoms with Crippen molar-refractivity contribution >= 4 is 17.6 Å². The molecule has 0 unspecified atom stereocenters. The zero-order valence-corrected chi connectivity index (χ0v) is 13.6. The van der Waals surface area contributed by atoms with E-state index in [2.05, 4.69) is 10.6 Å². The van der Waals surface area contributed by atoms with Crippen molar-refractivity contribution in [3.63, 3.8) is 0 Å². The number of carbonyl (C=O) groups excluding carboxylic acids is 2. The highest BCUT2D eigenvalue weighted by atomic mass is 19.1. The molecular formula is C19H19FN2O3. The summed E-state index contributed by atoms with van der Waals surface area (Å²) >= 11 is 0. The Hall–Kier alpha value is -2.73. The second-order valence-corrected chi connectivity index (χ2v) is 5.90. The van der Waals surface area contributed by atoms with Crippen LogP contribution < -0.4 is 10.6 Å². The molecule has 0 atom stereocenters. The summed E-state index contributed by atoms with van der Waals surface area (Å²) in [7, 11) is 0. The lowest BCUT2D eigenvalue weighted by Crippen LogP contribution is -2.33. The van der Waals surface area contributed by atoms with E-state index in [4.69, 9.17) is 4.74 Å². The largest absolute Gasteiger partial charge is 0.459 e. The van der Waals surface area contributed by atoms with E-state index in [0.717, 1.165) is 25.9 Å². The Kier molecular flexibility index (Phi) is 5.40. The van der Waals surface area contributed by atoms with Gasteiger partial charge < -0.3 is 15.4 Å². The van der Waals surface area contributed by atoms with Gasteiger partial charge in [0.1, 0.15) is 11.9 Å². The zero-order valence-electron chi connectivity index (χ0n) is 13.6. The number of hydrogen-bond donors (Lipinski definition) is 2. The summed E-state index contributed by atoms with van der Waals surface area (Å²) in [5.41, 5.74) is 1.20. The Labute approximate surface area is 145 Å². The van der Waals surface area contributed by atoms with Crippen molar-refractivity contribution in [2.24, 2.45) is 0 Å². The minimum Gasteiger partial charge on any atom is -0.459 e. The van der Waals surface area contributed by atoms with Gasteiger partial charge in [-0.15, -0.1) is 0 Å². The molecule has 1 heterocycles. The summed E-state index contributed by atoms with van der Waals surface area (Å²) in [6.07, 6.45) is 1.52. The number of nitrogens with one attached hydrogen (secondary N) is 2. The molecule has 1 aliphatic rings. The Morgan fingerprint density at radius 1 is 1.04 bits per heavy atom. The van der Waals surface area contributed by atoms with Gasteiger partial charge >= 0.3 is 5.97 Å². The van der Waals surface area contributed by atoms with Crippen LogP contribution in [0.5, 0.6) is 0 Å². The van der Waals surface area contributed by atoms with Crippen LogP contribution in [0.15, 0.2) is 48.5 Å². The van der Waals surface area contributed by atoms with E-state index in [9.17, 15) is 14.0 Å². The lowest BCUT2D eigenvalue weighted by atomic mass is 10.1. The number of ether oxygens (including phenoxy) is 1. The van der Waals surface area contributed by atoms with Gasteiger partial charge in [0.25, 0.3) is 5.91 Å². The summed E-state index contributed by atoms with van der Waals surface area (Å²) < 4.78 is 18.4. The highest BCUT2D eigenvalue weighted by Gasteiger charge is 2.18. The Morgan fingerprint density at radius 3 is 2.48 bits per heavy atom. The molecule has 1 saturated heterocycles. The molecule has 130 valence electrons. The first kappa shape index (κ1) is 17.1. The number of benzene rings is 2. The number of rotatable bonds is 4. The number of halogens is 1. The maximum absolute atomic E-state index is 12.9. The number of esters is 1. The van der Waals surface area contributed by atoms with Crippen LogP contribution in [0, 0.1) is 5.82 Å². The molecule has 0 spiro atoms. The predicted molar refractivity (Wildman–Crippen MR) is 92.1 cm³/mol. The van der Waals surface area contributed by atoms with Crippen LogP contribution in [0.1, 0.15) is 33.6 Å². The lowest BCUT2D eigenvalue weighted by molar-refractivity contribution is 0.0229. The molecule has 2 aromatic carbocycles. The Balaban J connectivity index is 1.65. The second kappa shape index (κ2) is 7.90. The van der Waals surface area contributed by atoms with Crippen LogP contribution in [0.3, 0.4) is 0 Å². The summed E-state index contributed by atoms with van der Waals surface area (Å²) in [4.78, 5) is 24.4. The maximum atomic E-state index is 12.9. The van der Waals surface area contributed by atoms with Crippen molar-refractivity contribution in [3.8, 4) is 0 Å². The molecule has 25 heavy (non-hydrogen) atoms. The van der Waals surface area contributed by atoms with Gasteiger partial charge in [-0.2, -0.15) is 0 Å². The van der Waals surface area contributed by atoms with Crippen LogP contribution in [-0.4, -0.2) is 31.1 Å². The van der Waals surface area contributed by atoms with Crippen molar-refractivity contribution in [2.45, 2.75) is 18.9 Å². The highest BCUT2D eigenvalue weighted by molar-refractivity contribution is 6.04. The Bertz CT molecular complexity index is 756. The van der Waals surface area contributed by atoms with Crippen molar-refractivity contribution in [3.05, 3.63) is 65.5 Å². The molecule has 5 nitrogen and oxygen atoms in total. The van der Waals surface area contributed by atoms with Gasteiger partial charge in [-0.3, -0.25) is 4.79 Å². The smallest absolute Gasteiger partial charge is 0.338 e. The average molecular weight is 342 g/mol. The van der Waals surface area contributed by atoms with Gasteiger partial charge in [-0.1, -0.05) is 6.07 Å². The Morgan fingerprint density at radius 2 is 1.76 bits per heavy atom. The van der Waals surface area contributed by atoms with Crippen molar-refractivity contribution in [1.82, 2.24) is 5.32 Å². The molecule has 0 radical (unpaired) electrons. The minimum absolute atomic E-state index is 0.0776. The SMILES string of the molecule is O=C(Nc1cccc(C(=O)OC2CCNCC2)c1)c1ccc(F)cc1. The van der Waals surface area contributed by atoms with Gasteiger partial charge in [0.05, 0.1) is 5.56 Å². The minimum atomic E-state index is -0.404. The van der Waals surface area contributed by atoms with Crippen molar-refractivity contribution < 1.29 is 18.7 Å². The van der Waals surface area contributed by atoms with Crippen LogP contribution in [0.4, 0.5) is 10.1 Å². The monoisotopic (exact) mass is 342 g/mol. The summed E-state index contributed by atoms with van der Waals surface area (Å²) in [5.74, 6) is -1.17. The predicted octanol–water partition coefficient (Wildman–Crippen LogP) is 2.99. The van der Waals surface area contributed by atoms with Gasteiger partial charge in [0, 0.05) is 11.3 Å². The van der Waals surface area contributed by atoms with E-state index in [0.29, 0.717) is 16.8 Å². The third kappa shape index (κ3) is 4.64. The third-order valence-corrected chi connectivity index (χ3v) is 4.02. The zero-order chi connectivity index (χ0) is 17.6. The van der Waals surface area contributed by atoms with Gasteiger partial charge in [0.15, 0.2) is 0 Å². The van der Waals surface area contributed by atoms with Gasteiger partial charge in [-0.05, 0) is 68.4 Å². The first-order valence-corrected chi connectivity index (χ1v) is 8.20. The normalized spacial score (nSPS) is 14.8. The van der Waals surface area contributed by atoms with Crippen LogP contribution >= 0.6 is 0 Å². The number of carbonyl (C=O) groups is 2. The van der Waals surface area contributed by atoms with Gasteiger partial charge in [0.2, 0.25) is 0 Å². The van der Waals surface area contributed by atoms with E-state index in [1.807, 2.05) is 0 Å². The number of anilines is 1. The van der Waals surface area contributed by atoms with Crippen LogP contribution in [0.25, 0.3) is 0 Å². The van der Waals surface area contributed by atoms with E-state index >= 15 is 0 Å². The van der Waals surface area contributed by atoms with E-state index in [1.165, 1.54) is 24.3 Å². The molecule has 0 aromatic heterocycles. The molecule has 2 aromatic rings. The molecule has 1 fully saturated rings. The summed E-state index contributed by atoms with van der Waals surface area (Å²) in [6.45, 7) is 1.68. The number of amides is 1. The molecule has 1 amide bonds. The maximum Gasteiger partial charge on any atom is 0.338 e. The van der Waals surface area contributed by atoms with Gasteiger partial charge in [-0.25, -0.2) is 9.18 Å². The second-order valence-electron chi connectivity index (χ2n) is 5.90. The average Bonchev–Trinajstić information content (AvgIpc) is 2.63. The molecule has 2 N–H and O–H groups in total. The molecule has 0 aliphatic carbocycles. The standard InChI is InChI=1S/C19H19FN2O3/c20-15-6-4-13(5-7-15)18(23)22-16-3-1-2-14(12-16)19(24)25-17-8-10-21-11-9-17/h1-7,12,17,21H,8-11H2,(H,22,23). The van der Waals surface area contributed by atoms with Crippen molar-refractivity contribution in [1.29, 1.82) is 0 Å². The van der Waals surface area contributed by atoms with E-state index < -0.39 is 11.8 Å². The molecule has 1 aliphatic heterocycles. The highest BCUT2D eigenvalue weighted by Crippen LogP contribution is 2.16. The first-order chi connectivity index (χ1) is 12.1. The fraction of sp³-hybridized carbons (Fsp3) is 0.263.